The average molecular weight is 464 g/mol. The van der Waals surface area contributed by atoms with Crippen LogP contribution in [-0.4, -0.2) is 59.0 Å². The Morgan fingerprint density at radius 1 is 1.09 bits per heavy atom. The minimum Gasteiger partial charge on any atom is -0.497 e. The Labute approximate surface area is 193 Å². The molecule has 2 amide bonds. The zero-order chi connectivity index (χ0) is 24.8. The summed E-state index contributed by atoms with van der Waals surface area (Å²) in [6.07, 6.45) is 2.90. The molecule has 0 saturated carbocycles. The molecule has 1 aromatic rings. The third-order valence-electron chi connectivity index (χ3n) is 4.02. The van der Waals surface area contributed by atoms with E-state index < -0.39 is 29.4 Å². The number of carbonyl (C=O) groups excluding carboxylic acids is 3. The highest BCUT2D eigenvalue weighted by Gasteiger charge is 2.36. The maximum atomic E-state index is 13.0. The lowest BCUT2D eigenvalue weighted by molar-refractivity contribution is 0.00828. The van der Waals surface area contributed by atoms with Crippen LogP contribution in [0.25, 0.3) is 0 Å². The van der Waals surface area contributed by atoms with E-state index in [9.17, 15) is 14.4 Å². The van der Waals surface area contributed by atoms with Crippen LogP contribution in [0.5, 0.6) is 0 Å². The number of imide groups is 1. The Kier molecular flexibility index (Phi) is 8.18. The number of hydrogen-bond acceptors (Lipinski definition) is 8. The second kappa shape index (κ2) is 10.5. The number of aromatic amines is 1. The van der Waals surface area contributed by atoms with Crippen LogP contribution in [0.1, 0.15) is 59.0 Å². The summed E-state index contributed by atoms with van der Waals surface area (Å²) in [6, 6.07) is 1.68. The molecule has 1 aliphatic heterocycles. The number of nitrogens with zero attached hydrogens (tertiary/aromatic N) is 1. The van der Waals surface area contributed by atoms with Gasteiger partial charge in [0.05, 0.1) is 24.3 Å². The summed E-state index contributed by atoms with van der Waals surface area (Å²) < 4.78 is 21.4. The summed E-state index contributed by atoms with van der Waals surface area (Å²) in [5, 5.41) is 3.11. The van der Waals surface area contributed by atoms with Gasteiger partial charge in [0.1, 0.15) is 23.5 Å². The Balaban J connectivity index is 2.29. The summed E-state index contributed by atoms with van der Waals surface area (Å²) in [7, 11) is 0. The number of carbonyl (C=O) groups is 3. The fourth-order valence-electron chi connectivity index (χ4n) is 2.80. The molecule has 0 aromatic carbocycles. The van der Waals surface area contributed by atoms with Crippen LogP contribution >= 0.6 is 0 Å². The number of esters is 1. The van der Waals surface area contributed by atoms with Crippen LogP contribution in [0, 0.1) is 0 Å². The predicted octanol–water partition coefficient (Wildman–Crippen LogP) is 4.57. The highest BCUT2D eigenvalue weighted by Crippen LogP contribution is 2.26. The van der Waals surface area contributed by atoms with Gasteiger partial charge in [-0.15, -0.1) is 0 Å². The molecule has 1 aliphatic rings. The quantitative estimate of drug-likeness (QED) is 0.465. The fourth-order valence-corrected chi connectivity index (χ4v) is 2.80. The first-order valence-electron chi connectivity index (χ1n) is 10.7. The monoisotopic (exact) mass is 463 g/mol. The van der Waals surface area contributed by atoms with Crippen LogP contribution < -0.4 is 5.32 Å². The minimum absolute atomic E-state index is 0.137. The van der Waals surface area contributed by atoms with Crippen molar-refractivity contribution in [2.75, 3.05) is 25.1 Å². The second-order valence-corrected chi connectivity index (χ2v) is 9.20. The maximum absolute atomic E-state index is 13.0. The van der Waals surface area contributed by atoms with Crippen LogP contribution in [0.2, 0.25) is 0 Å². The molecule has 1 aromatic heterocycles. The molecule has 0 saturated heterocycles. The van der Waals surface area contributed by atoms with Gasteiger partial charge in [0.15, 0.2) is 0 Å². The van der Waals surface area contributed by atoms with Gasteiger partial charge in [-0.3, -0.25) is 0 Å². The number of hydrogen-bond donors (Lipinski definition) is 2. The van der Waals surface area contributed by atoms with Gasteiger partial charge in [0.2, 0.25) is 0 Å². The van der Waals surface area contributed by atoms with Crippen LogP contribution in [0.4, 0.5) is 15.3 Å². The first kappa shape index (κ1) is 25.8. The molecule has 0 unspecified atom stereocenters. The summed E-state index contributed by atoms with van der Waals surface area (Å²) in [6.45, 7) is 12.5. The van der Waals surface area contributed by atoms with Crippen molar-refractivity contribution in [2.24, 2.45) is 0 Å². The number of rotatable bonds is 6. The van der Waals surface area contributed by atoms with E-state index in [1.807, 2.05) is 0 Å². The van der Waals surface area contributed by atoms with Gasteiger partial charge in [0.25, 0.3) is 0 Å². The molecule has 182 valence electrons. The van der Waals surface area contributed by atoms with Crippen molar-refractivity contribution >= 4 is 23.8 Å². The van der Waals surface area contributed by atoms with Crippen molar-refractivity contribution in [1.82, 2.24) is 9.88 Å². The van der Waals surface area contributed by atoms with Crippen molar-refractivity contribution < 1.29 is 33.3 Å². The Bertz CT molecular complexity index is 905. The van der Waals surface area contributed by atoms with Crippen LogP contribution in [0.15, 0.2) is 35.9 Å². The molecule has 0 fully saturated rings. The third kappa shape index (κ3) is 7.58. The zero-order valence-corrected chi connectivity index (χ0v) is 20.2. The maximum Gasteiger partial charge on any atom is 0.424 e. The van der Waals surface area contributed by atoms with Gasteiger partial charge in [-0.05, 0) is 60.6 Å². The Morgan fingerprint density at radius 2 is 1.70 bits per heavy atom. The minimum atomic E-state index is -0.871. The van der Waals surface area contributed by atoms with Gasteiger partial charge >= 0.3 is 18.2 Å². The van der Waals surface area contributed by atoms with Gasteiger partial charge < -0.3 is 29.2 Å². The number of ether oxygens (including phenoxy) is 4. The smallest absolute Gasteiger partial charge is 0.424 e. The first-order chi connectivity index (χ1) is 15.3. The lowest BCUT2D eigenvalue weighted by Crippen LogP contribution is -2.44. The van der Waals surface area contributed by atoms with E-state index in [0.29, 0.717) is 11.3 Å². The predicted molar refractivity (Wildman–Crippen MR) is 122 cm³/mol. The fraction of sp³-hybridized carbons (Fsp3) is 0.522. The number of aromatic nitrogens is 1. The third-order valence-corrected chi connectivity index (χ3v) is 4.02. The summed E-state index contributed by atoms with van der Waals surface area (Å²) in [5.74, 6) is -0.501. The normalized spacial score (nSPS) is 13.8. The van der Waals surface area contributed by atoms with Crippen molar-refractivity contribution in [3.63, 3.8) is 0 Å². The molecular formula is C23H33N3O7. The van der Waals surface area contributed by atoms with Crippen molar-refractivity contribution in [3.05, 3.63) is 41.6 Å². The molecule has 2 heterocycles. The number of amides is 2. The van der Waals surface area contributed by atoms with Gasteiger partial charge in [-0.25, -0.2) is 14.4 Å². The molecular weight excluding hydrogens is 430 g/mol. The van der Waals surface area contributed by atoms with E-state index in [0.717, 1.165) is 4.90 Å². The van der Waals surface area contributed by atoms with Crippen molar-refractivity contribution in [2.45, 2.75) is 59.7 Å². The summed E-state index contributed by atoms with van der Waals surface area (Å²) >= 11 is 0. The molecule has 0 bridgehead atoms. The molecule has 2 N–H and O–H groups in total. The molecule has 33 heavy (non-hydrogen) atoms. The number of nitrogens with one attached hydrogen (secondary N) is 2. The number of H-pyrrole nitrogens is 1. The highest BCUT2D eigenvalue weighted by molar-refractivity contribution is 5.94. The molecule has 0 aliphatic carbocycles. The lowest BCUT2D eigenvalue weighted by Gasteiger charge is -2.31. The number of anilines is 1. The average Bonchev–Trinajstić information content (AvgIpc) is 3.13. The summed E-state index contributed by atoms with van der Waals surface area (Å²) in [4.78, 5) is 41.8. The molecule has 0 atom stereocenters. The SMILES string of the molecule is CCOC(=O)c1[nH]ccc1NCC1=COCC=C1N(C(=O)OC(C)(C)C)C(=O)OC(C)(C)C. The zero-order valence-electron chi connectivity index (χ0n) is 20.2. The Hall–Kier alpha value is -3.43. The second-order valence-electron chi connectivity index (χ2n) is 9.20. The van der Waals surface area contributed by atoms with Crippen molar-refractivity contribution in [1.29, 1.82) is 0 Å². The summed E-state index contributed by atoms with van der Waals surface area (Å²) in [5.41, 5.74) is -0.147. The molecule has 0 spiro atoms. The first-order valence-corrected chi connectivity index (χ1v) is 10.7. The van der Waals surface area contributed by atoms with E-state index >= 15 is 0 Å². The van der Waals surface area contributed by atoms with E-state index in [-0.39, 0.29) is 31.1 Å². The molecule has 10 nitrogen and oxygen atoms in total. The molecule has 2 rings (SSSR count). The van der Waals surface area contributed by atoms with E-state index in [1.54, 1.807) is 66.8 Å². The van der Waals surface area contributed by atoms with E-state index in [1.165, 1.54) is 6.26 Å². The van der Waals surface area contributed by atoms with E-state index in [4.69, 9.17) is 18.9 Å². The van der Waals surface area contributed by atoms with Crippen LogP contribution in [0.3, 0.4) is 0 Å². The van der Waals surface area contributed by atoms with E-state index in [2.05, 4.69) is 10.3 Å². The lowest BCUT2D eigenvalue weighted by atomic mass is 10.1. The van der Waals surface area contributed by atoms with Gasteiger partial charge in [-0.2, -0.15) is 4.90 Å². The highest BCUT2D eigenvalue weighted by atomic mass is 16.6. The Morgan fingerprint density at radius 3 is 2.24 bits per heavy atom. The topological polar surface area (TPSA) is 119 Å². The van der Waals surface area contributed by atoms with Gasteiger partial charge in [-0.1, -0.05) is 0 Å². The standard InChI is InChI=1S/C23H33N3O7/c1-8-31-19(27)18-16(9-11-24-18)25-13-15-14-30-12-10-17(15)26(20(28)32-22(2,3)4)21(29)33-23(5,6)7/h9-11,14,24-25H,8,12-13H2,1-7H3. The van der Waals surface area contributed by atoms with Gasteiger partial charge in [0, 0.05) is 18.3 Å². The largest absolute Gasteiger partial charge is 0.497 e. The molecule has 0 radical (unpaired) electrons. The van der Waals surface area contributed by atoms with Crippen molar-refractivity contribution in [3.8, 4) is 0 Å². The molecule has 10 heteroatoms. The van der Waals surface area contributed by atoms with Crippen LogP contribution in [-0.2, 0) is 18.9 Å².